The van der Waals surface area contributed by atoms with Crippen molar-refractivity contribution >= 4 is 6.03 Å². The average molecular weight is 228 g/mol. The zero-order valence-corrected chi connectivity index (χ0v) is 10.4. The molecule has 1 aliphatic carbocycles. The minimum absolute atomic E-state index is 0.0114. The van der Waals surface area contributed by atoms with Gasteiger partial charge in [0.25, 0.3) is 0 Å². The monoisotopic (exact) mass is 228 g/mol. The molecule has 0 aromatic heterocycles. The van der Waals surface area contributed by atoms with Crippen molar-refractivity contribution in [3.63, 3.8) is 0 Å². The SMILES string of the molecule is CC(CCCO)NC(=O)N(C)CC1CCC1. The van der Waals surface area contributed by atoms with E-state index < -0.39 is 0 Å². The number of rotatable bonds is 6. The first-order chi connectivity index (χ1) is 7.63. The number of carbonyl (C=O) groups excluding carboxylic acids is 1. The number of aliphatic hydroxyl groups is 1. The molecule has 16 heavy (non-hydrogen) atoms. The first-order valence-electron chi connectivity index (χ1n) is 6.26. The molecule has 0 heterocycles. The first-order valence-corrected chi connectivity index (χ1v) is 6.26. The van der Waals surface area contributed by atoms with Gasteiger partial charge in [-0.1, -0.05) is 6.42 Å². The molecule has 1 fully saturated rings. The van der Waals surface area contributed by atoms with Crippen LogP contribution in [0, 0.1) is 5.92 Å². The number of amides is 2. The van der Waals surface area contributed by atoms with Crippen LogP contribution in [0.15, 0.2) is 0 Å². The van der Waals surface area contributed by atoms with E-state index in [2.05, 4.69) is 5.32 Å². The fraction of sp³-hybridized carbons (Fsp3) is 0.917. The molecule has 2 N–H and O–H groups in total. The molecule has 4 heteroatoms. The molecular formula is C12H24N2O2. The van der Waals surface area contributed by atoms with E-state index in [1.807, 2.05) is 14.0 Å². The van der Waals surface area contributed by atoms with E-state index in [4.69, 9.17) is 5.11 Å². The maximum Gasteiger partial charge on any atom is 0.317 e. The number of nitrogens with zero attached hydrogens (tertiary/aromatic N) is 1. The summed E-state index contributed by atoms with van der Waals surface area (Å²) < 4.78 is 0. The van der Waals surface area contributed by atoms with Gasteiger partial charge in [-0.05, 0) is 38.5 Å². The predicted octanol–water partition coefficient (Wildman–Crippen LogP) is 1.59. The number of carbonyl (C=O) groups is 1. The maximum atomic E-state index is 11.7. The van der Waals surface area contributed by atoms with Gasteiger partial charge in [-0.25, -0.2) is 4.79 Å². The Morgan fingerprint density at radius 3 is 2.75 bits per heavy atom. The van der Waals surface area contributed by atoms with Crippen LogP contribution in [-0.4, -0.2) is 42.3 Å². The average Bonchev–Trinajstić information content (AvgIpc) is 2.20. The molecular weight excluding hydrogens is 204 g/mol. The summed E-state index contributed by atoms with van der Waals surface area (Å²) in [6, 6.07) is 0.154. The minimum Gasteiger partial charge on any atom is -0.396 e. The molecule has 4 nitrogen and oxygen atoms in total. The van der Waals surface area contributed by atoms with Gasteiger partial charge >= 0.3 is 6.03 Å². The third-order valence-corrected chi connectivity index (χ3v) is 3.27. The second kappa shape index (κ2) is 6.74. The lowest BCUT2D eigenvalue weighted by Crippen LogP contribution is -2.44. The van der Waals surface area contributed by atoms with E-state index in [1.165, 1.54) is 19.3 Å². The van der Waals surface area contributed by atoms with Crippen LogP contribution in [0.25, 0.3) is 0 Å². The molecule has 1 aliphatic rings. The van der Waals surface area contributed by atoms with Crippen molar-refractivity contribution < 1.29 is 9.90 Å². The minimum atomic E-state index is 0.0114. The van der Waals surface area contributed by atoms with Crippen molar-refractivity contribution in [2.75, 3.05) is 20.2 Å². The van der Waals surface area contributed by atoms with Crippen LogP contribution in [0.5, 0.6) is 0 Å². The Hall–Kier alpha value is -0.770. The fourth-order valence-electron chi connectivity index (χ4n) is 1.94. The molecule has 1 saturated carbocycles. The fourth-order valence-corrected chi connectivity index (χ4v) is 1.94. The molecule has 0 aliphatic heterocycles. The highest BCUT2D eigenvalue weighted by Gasteiger charge is 2.21. The van der Waals surface area contributed by atoms with E-state index in [9.17, 15) is 4.79 Å². The maximum absolute atomic E-state index is 11.7. The second-order valence-corrected chi connectivity index (χ2v) is 4.89. The third kappa shape index (κ3) is 4.39. The van der Waals surface area contributed by atoms with Crippen LogP contribution >= 0.6 is 0 Å². The number of hydrogen-bond donors (Lipinski definition) is 2. The Bertz CT molecular complexity index is 217. The summed E-state index contributed by atoms with van der Waals surface area (Å²) in [5, 5.41) is 11.6. The summed E-state index contributed by atoms with van der Waals surface area (Å²) in [5.41, 5.74) is 0. The van der Waals surface area contributed by atoms with Gasteiger partial charge in [-0.3, -0.25) is 0 Å². The van der Waals surface area contributed by atoms with Crippen LogP contribution in [0.2, 0.25) is 0 Å². The molecule has 2 amide bonds. The molecule has 0 spiro atoms. The summed E-state index contributed by atoms with van der Waals surface area (Å²) in [4.78, 5) is 13.5. The Morgan fingerprint density at radius 2 is 2.25 bits per heavy atom. The Labute approximate surface area is 98.0 Å². The van der Waals surface area contributed by atoms with Crippen LogP contribution < -0.4 is 5.32 Å². The molecule has 0 aromatic rings. The van der Waals surface area contributed by atoms with E-state index >= 15 is 0 Å². The van der Waals surface area contributed by atoms with E-state index in [0.717, 1.165) is 19.4 Å². The number of hydrogen-bond acceptors (Lipinski definition) is 2. The largest absolute Gasteiger partial charge is 0.396 e. The van der Waals surface area contributed by atoms with Gasteiger partial charge in [0.15, 0.2) is 0 Å². The molecule has 0 radical (unpaired) electrons. The Kier molecular flexibility index (Phi) is 5.60. The number of urea groups is 1. The molecule has 0 saturated heterocycles. The van der Waals surface area contributed by atoms with Gasteiger partial charge in [-0.2, -0.15) is 0 Å². The smallest absolute Gasteiger partial charge is 0.317 e. The third-order valence-electron chi connectivity index (χ3n) is 3.27. The topological polar surface area (TPSA) is 52.6 Å². The highest BCUT2D eigenvalue weighted by atomic mass is 16.3. The summed E-state index contributed by atoms with van der Waals surface area (Å²) in [5.74, 6) is 0.712. The highest BCUT2D eigenvalue weighted by Crippen LogP contribution is 2.26. The van der Waals surface area contributed by atoms with Gasteiger partial charge < -0.3 is 15.3 Å². The van der Waals surface area contributed by atoms with E-state index in [1.54, 1.807) is 4.90 Å². The normalized spacial score (nSPS) is 17.7. The first kappa shape index (κ1) is 13.3. The number of nitrogens with one attached hydrogen (secondary N) is 1. The van der Waals surface area contributed by atoms with Crippen molar-refractivity contribution in [2.24, 2.45) is 5.92 Å². The molecule has 0 aromatic carbocycles. The predicted molar refractivity (Wildman–Crippen MR) is 64.3 cm³/mol. The standard InChI is InChI=1S/C12H24N2O2/c1-10(5-4-8-15)13-12(16)14(2)9-11-6-3-7-11/h10-11,15H,3-9H2,1-2H3,(H,13,16). The summed E-state index contributed by atoms with van der Waals surface area (Å²) >= 11 is 0. The van der Waals surface area contributed by atoms with Crippen LogP contribution in [0.3, 0.4) is 0 Å². The summed E-state index contributed by atoms with van der Waals surface area (Å²) in [6.45, 7) is 3.04. The van der Waals surface area contributed by atoms with Crippen LogP contribution in [-0.2, 0) is 0 Å². The van der Waals surface area contributed by atoms with Crippen LogP contribution in [0.4, 0.5) is 4.79 Å². The number of aliphatic hydroxyl groups excluding tert-OH is 1. The zero-order chi connectivity index (χ0) is 12.0. The van der Waals surface area contributed by atoms with E-state index in [0.29, 0.717) is 5.92 Å². The lowest BCUT2D eigenvalue weighted by molar-refractivity contribution is 0.178. The van der Waals surface area contributed by atoms with Crippen molar-refractivity contribution in [3.8, 4) is 0 Å². The lowest BCUT2D eigenvalue weighted by Gasteiger charge is -2.30. The van der Waals surface area contributed by atoms with Gasteiger partial charge in [-0.15, -0.1) is 0 Å². The second-order valence-electron chi connectivity index (χ2n) is 4.89. The Morgan fingerprint density at radius 1 is 1.56 bits per heavy atom. The molecule has 1 atom stereocenters. The summed E-state index contributed by atoms with van der Waals surface area (Å²) in [7, 11) is 1.85. The highest BCUT2D eigenvalue weighted by molar-refractivity contribution is 5.74. The van der Waals surface area contributed by atoms with Crippen LogP contribution in [0.1, 0.15) is 39.0 Å². The van der Waals surface area contributed by atoms with Crippen molar-refractivity contribution in [1.29, 1.82) is 0 Å². The lowest BCUT2D eigenvalue weighted by atomic mass is 9.85. The zero-order valence-electron chi connectivity index (χ0n) is 10.4. The van der Waals surface area contributed by atoms with E-state index in [-0.39, 0.29) is 18.7 Å². The van der Waals surface area contributed by atoms with Crippen molar-refractivity contribution in [1.82, 2.24) is 10.2 Å². The molecule has 1 unspecified atom stereocenters. The van der Waals surface area contributed by atoms with Gasteiger partial charge in [0, 0.05) is 26.2 Å². The quantitative estimate of drug-likeness (QED) is 0.725. The van der Waals surface area contributed by atoms with Crippen molar-refractivity contribution in [3.05, 3.63) is 0 Å². The molecule has 94 valence electrons. The summed E-state index contributed by atoms with van der Waals surface area (Å²) in [6.07, 6.45) is 5.41. The van der Waals surface area contributed by atoms with Crippen molar-refractivity contribution in [2.45, 2.75) is 45.1 Å². The van der Waals surface area contributed by atoms with Gasteiger partial charge in [0.1, 0.15) is 0 Å². The Balaban J connectivity index is 2.16. The van der Waals surface area contributed by atoms with Gasteiger partial charge in [0.05, 0.1) is 0 Å². The molecule has 0 bridgehead atoms. The van der Waals surface area contributed by atoms with Gasteiger partial charge in [0.2, 0.25) is 0 Å². The molecule has 1 rings (SSSR count).